The molecule has 1 fully saturated rings. The van der Waals surface area contributed by atoms with Crippen molar-refractivity contribution in [1.82, 2.24) is 14.9 Å². The van der Waals surface area contributed by atoms with Gasteiger partial charge in [-0.25, -0.2) is 9.97 Å². The van der Waals surface area contributed by atoms with Crippen LogP contribution in [-0.2, 0) is 0 Å². The molecule has 1 aliphatic heterocycles. The SMILES string of the molecule is Cc1nc(Cl)nc(NCCCN2CCCC2)c1C. The van der Waals surface area contributed by atoms with Crippen LogP contribution in [0.1, 0.15) is 30.5 Å². The van der Waals surface area contributed by atoms with E-state index < -0.39 is 0 Å². The van der Waals surface area contributed by atoms with E-state index in [9.17, 15) is 0 Å². The van der Waals surface area contributed by atoms with Crippen molar-refractivity contribution in [2.24, 2.45) is 0 Å². The summed E-state index contributed by atoms with van der Waals surface area (Å²) in [5.41, 5.74) is 2.03. The van der Waals surface area contributed by atoms with Crippen molar-refractivity contribution in [1.29, 1.82) is 0 Å². The van der Waals surface area contributed by atoms with Crippen LogP contribution in [0.15, 0.2) is 0 Å². The second-order valence-electron chi connectivity index (χ2n) is 4.88. The van der Waals surface area contributed by atoms with Crippen molar-refractivity contribution >= 4 is 17.4 Å². The maximum Gasteiger partial charge on any atom is 0.224 e. The third-order valence-corrected chi connectivity index (χ3v) is 3.67. The minimum Gasteiger partial charge on any atom is -0.370 e. The Balaban J connectivity index is 1.79. The van der Waals surface area contributed by atoms with Gasteiger partial charge in [0.1, 0.15) is 5.82 Å². The van der Waals surface area contributed by atoms with Crippen molar-refractivity contribution in [2.45, 2.75) is 33.1 Å². The summed E-state index contributed by atoms with van der Waals surface area (Å²) in [5.74, 6) is 0.869. The number of nitrogens with one attached hydrogen (secondary N) is 1. The van der Waals surface area contributed by atoms with E-state index in [4.69, 9.17) is 11.6 Å². The van der Waals surface area contributed by atoms with Gasteiger partial charge in [-0.3, -0.25) is 0 Å². The molecule has 0 bridgehead atoms. The Morgan fingerprint density at radius 1 is 1.22 bits per heavy atom. The maximum atomic E-state index is 5.87. The van der Waals surface area contributed by atoms with Gasteiger partial charge in [-0.1, -0.05) is 0 Å². The first-order valence-corrected chi connectivity index (χ1v) is 7.01. The maximum absolute atomic E-state index is 5.87. The zero-order valence-corrected chi connectivity index (χ0v) is 11.9. The number of likely N-dealkylation sites (tertiary alicyclic amines) is 1. The van der Waals surface area contributed by atoms with E-state index in [1.165, 1.54) is 32.5 Å². The van der Waals surface area contributed by atoms with Gasteiger partial charge >= 0.3 is 0 Å². The zero-order chi connectivity index (χ0) is 13.0. The van der Waals surface area contributed by atoms with Crippen molar-refractivity contribution in [2.75, 3.05) is 31.5 Å². The van der Waals surface area contributed by atoms with Crippen molar-refractivity contribution < 1.29 is 0 Å². The van der Waals surface area contributed by atoms with Gasteiger partial charge < -0.3 is 10.2 Å². The highest BCUT2D eigenvalue weighted by molar-refractivity contribution is 6.28. The second-order valence-corrected chi connectivity index (χ2v) is 5.22. The van der Waals surface area contributed by atoms with E-state index in [1.807, 2.05) is 13.8 Å². The number of halogens is 1. The van der Waals surface area contributed by atoms with Gasteiger partial charge in [-0.15, -0.1) is 0 Å². The Hall–Kier alpha value is -0.870. The third-order valence-electron chi connectivity index (χ3n) is 3.50. The van der Waals surface area contributed by atoms with Crippen LogP contribution in [0.2, 0.25) is 5.28 Å². The molecule has 1 aliphatic rings. The van der Waals surface area contributed by atoms with E-state index in [0.717, 1.165) is 30.0 Å². The van der Waals surface area contributed by atoms with Crippen LogP contribution in [0.3, 0.4) is 0 Å². The molecular weight excluding hydrogens is 248 g/mol. The lowest BCUT2D eigenvalue weighted by Gasteiger charge is -2.15. The lowest BCUT2D eigenvalue weighted by Crippen LogP contribution is -2.22. The highest BCUT2D eigenvalue weighted by Crippen LogP contribution is 2.17. The topological polar surface area (TPSA) is 41.1 Å². The minimum absolute atomic E-state index is 0.320. The number of aryl methyl sites for hydroxylation is 1. The van der Waals surface area contributed by atoms with Crippen LogP contribution in [0.5, 0.6) is 0 Å². The zero-order valence-electron chi connectivity index (χ0n) is 11.2. The van der Waals surface area contributed by atoms with Gasteiger partial charge in [0.15, 0.2) is 0 Å². The van der Waals surface area contributed by atoms with Gasteiger partial charge in [0.25, 0.3) is 0 Å². The van der Waals surface area contributed by atoms with Crippen molar-refractivity contribution in [3.05, 3.63) is 16.5 Å². The largest absolute Gasteiger partial charge is 0.370 e. The summed E-state index contributed by atoms with van der Waals surface area (Å²) in [6, 6.07) is 0. The van der Waals surface area contributed by atoms with E-state index in [0.29, 0.717) is 5.28 Å². The molecule has 1 saturated heterocycles. The first kappa shape index (κ1) is 13.6. The molecule has 100 valence electrons. The summed E-state index contributed by atoms with van der Waals surface area (Å²) in [6.45, 7) is 8.61. The first-order chi connectivity index (χ1) is 8.66. The number of hydrogen-bond donors (Lipinski definition) is 1. The van der Waals surface area contributed by atoms with Gasteiger partial charge in [-0.2, -0.15) is 0 Å². The average Bonchev–Trinajstić information content (AvgIpc) is 2.83. The van der Waals surface area contributed by atoms with E-state index in [-0.39, 0.29) is 0 Å². The molecule has 2 heterocycles. The molecule has 2 rings (SSSR count). The monoisotopic (exact) mass is 268 g/mol. The number of rotatable bonds is 5. The summed E-state index contributed by atoms with van der Waals surface area (Å²) in [6.07, 6.45) is 3.85. The lowest BCUT2D eigenvalue weighted by atomic mass is 10.2. The number of anilines is 1. The molecule has 4 nitrogen and oxygen atoms in total. The normalized spacial score (nSPS) is 16.2. The molecule has 0 saturated carbocycles. The highest BCUT2D eigenvalue weighted by atomic mass is 35.5. The van der Waals surface area contributed by atoms with Crippen LogP contribution in [0.4, 0.5) is 5.82 Å². The lowest BCUT2D eigenvalue weighted by molar-refractivity contribution is 0.337. The van der Waals surface area contributed by atoms with Crippen LogP contribution in [0, 0.1) is 13.8 Å². The molecular formula is C13H21ClN4. The fraction of sp³-hybridized carbons (Fsp3) is 0.692. The predicted octanol–water partition coefficient (Wildman–Crippen LogP) is 2.64. The quantitative estimate of drug-likeness (QED) is 0.658. The minimum atomic E-state index is 0.320. The molecule has 5 heteroatoms. The number of hydrogen-bond acceptors (Lipinski definition) is 4. The molecule has 1 N–H and O–H groups in total. The summed E-state index contributed by atoms with van der Waals surface area (Å²) in [4.78, 5) is 10.9. The molecule has 0 aliphatic carbocycles. The number of aromatic nitrogens is 2. The van der Waals surface area contributed by atoms with Crippen LogP contribution in [0.25, 0.3) is 0 Å². The molecule has 18 heavy (non-hydrogen) atoms. The smallest absolute Gasteiger partial charge is 0.224 e. The molecule has 0 unspecified atom stereocenters. The summed E-state index contributed by atoms with van der Waals surface area (Å²) in [5, 5.41) is 3.68. The molecule has 1 aromatic rings. The average molecular weight is 269 g/mol. The Labute approximate surface area is 114 Å². The van der Waals surface area contributed by atoms with Crippen molar-refractivity contribution in [3.63, 3.8) is 0 Å². The van der Waals surface area contributed by atoms with E-state index >= 15 is 0 Å². The summed E-state index contributed by atoms with van der Waals surface area (Å²) in [7, 11) is 0. The van der Waals surface area contributed by atoms with Crippen molar-refractivity contribution in [3.8, 4) is 0 Å². The fourth-order valence-electron chi connectivity index (χ4n) is 2.28. The van der Waals surface area contributed by atoms with E-state index in [1.54, 1.807) is 0 Å². The van der Waals surface area contributed by atoms with Crippen LogP contribution < -0.4 is 5.32 Å². The molecule has 1 aromatic heterocycles. The molecule has 0 aromatic carbocycles. The van der Waals surface area contributed by atoms with Gasteiger partial charge in [-0.05, 0) is 64.3 Å². The first-order valence-electron chi connectivity index (χ1n) is 6.64. The molecule has 0 atom stereocenters. The summed E-state index contributed by atoms with van der Waals surface area (Å²) < 4.78 is 0. The van der Waals surface area contributed by atoms with Crippen LogP contribution in [-0.4, -0.2) is 41.0 Å². The molecule has 0 amide bonds. The Morgan fingerprint density at radius 3 is 2.67 bits per heavy atom. The highest BCUT2D eigenvalue weighted by Gasteiger charge is 2.10. The predicted molar refractivity (Wildman–Crippen MR) is 75.3 cm³/mol. The molecule has 0 radical (unpaired) electrons. The summed E-state index contributed by atoms with van der Waals surface area (Å²) >= 11 is 5.87. The van der Waals surface area contributed by atoms with Gasteiger partial charge in [0, 0.05) is 17.8 Å². The van der Waals surface area contributed by atoms with Gasteiger partial charge in [0.05, 0.1) is 0 Å². The van der Waals surface area contributed by atoms with Gasteiger partial charge in [0.2, 0.25) is 5.28 Å². The van der Waals surface area contributed by atoms with Crippen LogP contribution >= 0.6 is 11.6 Å². The standard InChI is InChI=1S/C13H21ClN4/c1-10-11(2)16-13(14)17-12(10)15-6-5-9-18-7-3-4-8-18/h3-9H2,1-2H3,(H,15,16,17). The second kappa shape index (κ2) is 6.34. The fourth-order valence-corrected chi connectivity index (χ4v) is 2.49. The van der Waals surface area contributed by atoms with E-state index in [2.05, 4.69) is 20.2 Å². The Kier molecular flexibility index (Phi) is 4.78. The Morgan fingerprint density at radius 2 is 1.94 bits per heavy atom. The number of nitrogens with zero attached hydrogens (tertiary/aromatic N) is 3. The third kappa shape index (κ3) is 3.56. The molecule has 0 spiro atoms. The Bertz CT molecular complexity index is 402.